The van der Waals surface area contributed by atoms with Gasteiger partial charge in [-0.3, -0.25) is 4.90 Å². The molecule has 0 amide bonds. The first-order valence-corrected chi connectivity index (χ1v) is 7.92. The molecule has 0 aromatic carbocycles. The van der Waals surface area contributed by atoms with Gasteiger partial charge in [0.2, 0.25) is 0 Å². The van der Waals surface area contributed by atoms with Crippen LogP contribution in [0.5, 0.6) is 0 Å². The van der Waals surface area contributed by atoms with Crippen LogP contribution in [0.4, 0.5) is 0 Å². The van der Waals surface area contributed by atoms with Gasteiger partial charge in [-0.05, 0) is 31.5 Å². The van der Waals surface area contributed by atoms with Crippen molar-refractivity contribution in [3.63, 3.8) is 0 Å². The van der Waals surface area contributed by atoms with Crippen LogP contribution < -0.4 is 0 Å². The molecule has 0 aliphatic carbocycles. The largest absolute Gasteiger partial charge is 0.387 e. The summed E-state index contributed by atoms with van der Waals surface area (Å²) in [7, 11) is 0. The van der Waals surface area contributed by atoms with Gasteiger partial charge in [-0.25, -0.2) is 9.67 Å². The molecule has 23 heavy (non-hydrogen) atoms. The summed E-state index contributed by atoms with van der Waals surface area (Å²) in [6.45, 7) is 2.84. The van der Waals surface area contributed by atoms with Crippen molar-refractivity contribution in [1.82, 2.24) is 29.3 Å². The summed E-state index contributed by atoms with van der Waals surface area (Å²) in [6.07, 6.45) is 9.25. The quantitative estimate of drug-likeness (QED) is 0.777. The van der Waals surface area contributed by atoms with Gasteiger partial charge in [0.25, 0.3) is 0 Å². The smallest absolute Gasteiger partial charge is 0.137 e. The molecule has 1 saturated heterocycles. The lowest BCUT2D eigenvalue weighted by Crippen LogP contribution is -2.50. The minimum Gasteiger partial charge on any atom is -0.387 e. The molecule has 7 nitrogen and oxygen atoms in total. The first-order valence-electron chi connectivity index (χ1n) is 7.92. The molecule has 1 aliphatic rings. The van der Waals surface area contributed by atoms with Gasteiger partial charge in [0, 0.05) is 31.7 Å². The molecule has 1 aliphatic heterocycles. The third kappa shape index (κ3) is 3.11. The number of aliphatic hydroxyl groups is 1. The average Bonchev–Trinajstić information content (AvgIpc) is 3.15. The van der Waals surface area contributed by atoms with Crippen molar-refractivity contribution in [2.45, 2.75) is 31.5 Å². The zero-order chi connectivity index (χ0) is 15.7. The first kappa shape index (κ1) is 14.3. The number of rotatable bonds is 4. The molecule has 0 saturated carbocycles. The maximum Gasteiger partial charge on any atom is 0.137 e. The maximum atomic E-state index is 10.9. The highest BCUT2D eigenvalue weighted by Gasteiger charge is 2.34. The van der Waals surface area contributed by atoms with E-state index in [0.29, 0.717) is 13.1 Å². The summed E-state index contributed by atoms with van der Waals surface area (Å²) in [5, 5.41) is 18.6. The van der Waals surface area contributed by atoms with Crippen LogP contribution in [0.3, 0.4) is 0 Å². The number of hydrogen-bond acceptors (Lipinski definition) is 5. The van der Waals surface area contributed by atoms with Crippen LogP contribution in [0.2, 0.25) is 0 Å². The van der Waals surface area contributed by atoms with Gasteiger partial charge in [0.05, 0.1) is 24.0 Å². The van der Waals surface area contributed by atoms with E-state index in [1.165, 1.54) is 0 Å². The van der Waals surface area contributed by atoms with Crippen molar-refractivity contribution < 1.29 is 5.11 Å². The van der Waals surface area contributed by atoms with Crippen molar-refractivity contribution in [2.24, 2.45) is 0 Å². The molecule has 120 valence electrons. The number of fused-ring (bicyclic) bond motifs is 1. The third-order valence-corrected chi connectivity index (χ3v) is 4.36. The highest BCUT2D eigenvalue weighted by molar-refractivity contribution is 5.39. The molecule has 3 aromatic rings. The molecule has 0 spiro atoms. The van der Waals surface area contributed by atoms with E-state index in [9.17, 15) is 5.11 Å². The van der Waals surface area contributed by atoms with E-state index >= 15 is 0 Å². The van der Waals surface area contributed by atoms with Gasteiger partial charge in [-0.1, -0.05) is 11.3 Å². The van der Waals surface area contributed by atoms with E-state index in [2.05, 4.69) is 26.4 Å². The molecule has 1 unspecified atom stereocenters. The van der Waals surface area contributed by atoms with Crippen molar-refractivity contribution in [1.29, 1.82) is 0 Å². The number of likely N-dealkylation sites (tertiary alicyclic amines) is 1. The first-order chi connectivity index (χ1) is 11.2. The molecule has 4 heterocycles. The van der Waals surface area contributed by atoms with E-state index < -0.39 is 5.60 Å². The molecule has 7 heteroatoms. The summed E-state index contributed by atoms with van der Waals surface area (Å²) >= 11 is 0. The van der Waals surface area contributed by atoms with Gasteiger partial charge in [0.15, 0.2) is 0 Å². The minimum absolute atomic E-state index is 0.481. The molecule has 0 radical (unpaired) electrons. The summed E-state index contributed by atoms with van der Waals surface area (Å²) < 4.78 is 3.73. The van der Waals surface area contributed by atoms with Crippen molar-refractivity contribution in [3.05, 3.63) is 48.7 Å². The predicted molar refractivity (Wildman–Crippen MR) is 84.7 cm³/mol. The lowest BCUT2D eigenvalue weighted by atomic mass is 9.92. The summed E-state index contributed by atoms with van der Waals surface area (Å²) in [4.78, 5) is 6.91. The number of aromatic nitrogens is 5. The Morgan fingerprint density at radius 1 is 1.26 bits per heavy atom. The van der Waals surface area contributed by atoms with E-state index in [-0.39, 0.29) is 0 Å². The van der Waals surface area contributed by atoms with E-state index in [1.807, 2.05) is 28.8 Å². The van der Waals surface area contributed by atoms with Gasteiger partial charge < -0.3 is 9.51 Å². The Balaban J connectivity index is 1.46. The Labute approximate surface area is 134 Å². The topological polar surface area (TPSA) is 71.5 Å². The second kappa shape index (κ2) is 5.75. The van der Waals surface area contributed by atoms with Crippen LogP contribution in [-0.4, -0.2) is 53.1 Å². The van der Waals surface area contributed by atoms with Crippen LogP contribution in [0, 0.1) is 0 Å². The van der Waals surface area contributed by atoms with E-state index in [0.717, 1.165) is 37.3 Å². The fourth-order valence-electron chi connectivity index (χ4n) is 3.38. The zero-order valence-electron chi connectivity index (χ0n) is 12.9. The number of nitrogens with zero attached hydrogens (tertiary/aromatic N) is 6. The molecule has 1 N–H and O–H groups in total. The SMILES string of the molecule is OC1(Cn2ccnn2)CCCN(Cc2cn3ccccc3n2)C1. The van der Waals surface area contributed by atoms with Gasteiger partial charge in [0.1, 0.15) is 5.65 Å². The van der Waals surface area contributed by atoms with Crippen LogP contribution in [0.25, 0.3) is 5.65 Å². The summed E-state index contributed by atoms with van der Waals surface area (Å²) in [6, 6.07) is 5.99. The van der Waals surface area contributed by atoms with Gasteiger partial charge in [-0.2, -0.15) is 0 Å². The Hall–Kier alpha value is -2.25. The number of β-amino-alcohol motifs (C(OH)–C–C–N with tert-alkyl or cyclic N) is 1. The highest BCUT2D eigenvalue weighted by atomic mass is 16.3. The van der Waals surface area contributed by atoms with Crippen LogP contribution in [0.15, 0.2) is 43.0 Å². The van der Waals surface area contributed by atoms with Crippen molar-refractivity contribution in [2.75, 3.05) is 13.1 Å². The van der Waals surface area contributed by atoms with E-state index in [4.69, 9.17) is 0 Å². The van der Waals surface area contributed by atoms with Gasteiger partial charge >= 0.3 is 0 Å². The Kier molecular flexibility index (Phi) is 3.59. The van der Waals surface area contributed by atoms with Crippen LogP contribution >= 0.6 is 0 Å². The maximum absolute atomic E-state index is 10.9. The monoisotopic (exact) mass is 312 g/mol. The zero-order valence-corrected chi connectivity index (χ0v) is 12.9. The number of piperidine rings is 1. The molecule has 3 aromatic heterocycles. The average molecular weight is 312 g/mol. The Morgan fingerprint density at radius 2 is 2.22 bits per heavy atom. The minimum atomic E-state index is -0.759. The molecule has 1 atom stereocenters. The van der Waals surface area contributed by atoms with Crippen molar-refractivity contribution >= 4 is 5.65 Å². The lowest BCUT2D eigenvalue weighted by molar-refractivity contribution is -0.0480. The van der Waals surface area contributed by atoms with Crippen LogP contribution in [0.1, 0.15) is 18.5 Å². The molecular weight excluding hydrogens is 292 g/mol. The molecule has 0 bridgehead atoms. The van der Waals surface area contributed by atoms with Crippen LogP contribution in [-0.2, 0) is 13.1 Å². The Bertz CT molecular complexity index is 750. The summed E-state index contributed by atoms with van der Waals surface area (Å²) in [5.41, 5.74) is 1.23. The van der Waals surface area contributed by atoms with Crippen molar-refractivity contribution in [3.8, 4) is 0 Å². The number of pyridine rings is 1. The highest BCUT2D eigenvalue weighted by Crippen LogP contribution is 2.24. The summed E-state index contributed by atoms with van der Waals surface area (Å²) in [5.74, 6) is 0. The lowest BCUT2D eigenvalue weighted by Gasteiger charge is -2.38. The third-order valence-electron chi connectivity index (χ3n) is 4.36. The molecule has 4 rings (SSSR count). The Morgan fingerprint density at radius 3 is 3.04 bits per heavy atom. The molecule has 1 fully saturated rings. The normalized spacial score (nSPS) is 22.7. The van der Waals surface area contributed by atoms with E-state index in [1.54, 1.807) is 17.1 Å². The number of imidazole rings is 1. The fraction of sp³-hybridized carbons (Fsp3) is 0.438. The predicted octanol–water partition coefficient (Wildman–Crippen LogP) is 0.953. The standard InChI is InChI=1S/C16H20N6O/c23-16(13-22-9-6-17-19-22)5-3-7-20(12-16)10-14-11-21-8-2-1-4-15(21)18-14/h1-2,4,6,8-9,11,23H,3,5,7,10,12-13H2. The second-order valence-electron chi connectivity index (χ2n) is 6.34. The molecular formula is C16H20N6O. The number of hydrogen-bond donors (Lipinski definition) is 1. The van der Waals surface area contributed by atoms with Gasteiger partial charge in [-0.15, -0.1) is 5.10 Å². The fourth-order valence-corrected chi connectivity index (χ4v) is 3.38. The second-order valence-corrected chi connectivity index (χ2v) is 6.34.